The van der Waals surface area contributed by atoms with Gasteiger partial charge < -0.3 is 15.7 Å². The summed E-state index contributed by atoms with van der Waals surface area (Å²) in [5, 5.41) is 14.2. The molecule has 0 spiro atoms. The largest absolute Gasteiger partial charge is 0.480 e. The van der Waals surface area contributed by atoms with Crippen molar-refractivity contribution in [1.82, 2.24) is 5.32 Å². The summed E-state index contributed by atoms with van der Waals surface area (Å²) in [4.78, 5) is 22.8. The lowest BCUT2D eigenvalue weighted by molar-refractivity contribution is -0.139. The molecule has 1 aromatic rings. The van der Waals surface area contributed by atoms with Gasteiger partial charge >= 0.3 is 12.0 Å². The highest BCUT2D eigenvalue weighted by atomic mass is 32.2. The van der Waals surface area contributed by atoms with Crippen molar-refractivity contribution in [2.75, 3.05) is 17.3 Å². The van der Waals surface area contributed by atoms with Crippen LogP contribution in [-0.2, 0) is 4.79 Å². The standard InChI is InChI=1S/C14H20N2O3S/c1-9-4-5-11(8-10(9)2)15-14(19)16-12(13(17)18)6-7-20-3/h4-5,8,12H,6-7H2,1-3H3,(H,17,18)(H2,15,16,19). The summed E-state index contributed by atoms with van der Waals surface area (Å²) >= 11 is 1.55. The molecular weight excluding hydrogens is 276 g/mol. The molecular formula is C14H20N2O3S. The molecule has 0 heterocycles. The number of carboxylic acids is 1. The first kappa shape index (κ1) is 16.4. The van der Waals surface area contributed by atoms with E-state index in [0.717, 1.165) is 11.1 Å². The number of carboxylic acid groups (broad SMARTS) is 1. The number of rotatable bonds is 6. The summed E-state index contributed by atoms with van der Waals surface area (Å²) in [7, 11) is 0. The molecule has 20 heavy (non-hydrogen) atoms. The third-order valence-electron chi connectivity index (χ3n) is 2.98. The fraction of sp³-hybridized carbons (Fsp3) is 0.429. The molecule has 1 rings (SSSR count). The van der Waals surface area contributed by atoms with E-state index in [0.29, 0.717) is 17.9 Å². The first-order valence-corrected chi connectivity index (χ1v) is 7.70. The van der Waals surface area contributed by atoms with E-state index in [4.69, 9.17) is 5.11 Å². The van der Waals surface area contributed by atoms with Gasteiger partial charge in [0.2, 0.25) is 0 Å². The average molecular weight is 296 g/mol. The van der Waals surface area contributed by atoms with Crippen LogP contribution in [0.4, 0.5) is 10.5 Å². The van der Waals surface area contributed by atoms with Crippen LogP contribution in [-0.4, -0.2) is 35.2 Å². The smallest absolute Gasteiger partial charge is 0.326 e. The maximum atomic E-state index is 11.8. The molecule has 5 nitrogen and oxygen atoms in total. The van der Waals surface area contributed by atoms with Gasteiger partial charge in [0, 0.05) is 5.69 Å². The minimum Gasteiger partial charge on any atom is -0.480 e. The monoisotopic (exact) mass is 296 g/mol. The second-order valence-corrected chi connectivity index (χ2v) is 5.56. The number of carbonyl (C=O) groups excluding carboxylic acids is 1. The molecule has 2 amide bonds. The van der Waals surface area contributed by atoms with E-state index in [1.54, 1.807) is 17.8 Å². The molecule has 110 valence electrons. The highest BCUT2D eigenvalue weighted by Crippen LogP contribution is 2.14. The Morgan fingerprint density at radius 3 is 2.55 bits per heavy atom. The fourth-order valence-electron chi connectivity index (χ4n) is 1.64. The zero-order valence-corrected chi connectivity index (χ0v) is 12.7. The van der Waals surface area contributed by atoms with Gasteiger partial charge in [-0.2, -0.15) is 11.8 Å². The molecule has 1 unspecified atom stereocenters. The lowest BCUT2D eigenvalue weighted by Crippen LogP contribution is -2.43. The van der Waals surface area contributed by atoms with E-state index in [2.05, 4.69) is 10.6 Å². The van der Waals surface area contributed by atoms with Gasteiger partial charge in [-0.25, -0.2) is 9.59 Å². The molecule has 1 atom stereocenters. The predicted molar refractivity (Wildman–Crippen MR) is 82.5 cm³/mol. The van der Waals surface area contributed by atoms with E-state index < -0.39 is 18.0 Å². The Hall–Kier alpha value is -1.69. The summed E-state index contributed by atoms with van der Waals surface area (Å²) in [5.74, 6) is -0.338. The fourth-order valence-corrected chi connectivity index (χ4v) is 2.11. The van der Waals surface area contributed by atoms with Crippen LogP contribution in [0, 0.1) is 13.8 Å². The quantitative estimate of drug-likeness (QED) is 0.754. The maximum Gasteiger partial charge on any atom is 0.326 e. The third-order valence-corrected chi connectivity index (χ3v) is 3.62. The highest BCUT2D eigenvalue weighted by Gasteiger charge is 2.19. The van der Waals surface area contributed by atoms with Crippen LogP contribution in [0.2, 0.25) is 0 Å². The zero-order chi connectivity index (χ0) is 15.1. The van der Waals surface area contributed by atoms with Crippen molar-refractivity contribution in [3.8, 4) is 0 Å². The predicted octanol–water partition coefficient (Wildman–Crippen LogP) is 2.63. The molecule has 3 N–H and O–H groups in total. The molecule has 0 aliphatic heterocycles. The maximum absolute atomic E-state index is 11.8. The van der Waals surface area contributed by atoms with E-state index in [9.17, 15) is 9.59 Å². The van der Waals surface area contributed by atoms with Crippen LogP contribution in [0.3, 0.4) is 0 Å². The van der Waals surface area contributed by atoms with Gasteiger partial charge in [0.15, 0.2) is 0 Å². The van der Waals surface area contributed by atoms with Gasteiger partial charge in [-0.15, -0.1) is 0 Å². The van der Waals surface area contributed by atoms with Crippen LogP contribution >= 0.6 is 11.8 Å². The first-order valence-electron chi connectivity index (χ1n) is 6.30. The average Bonchev–Trinajstić information content (AvgIpc) is 2.38. The van der Waals surface area contributed by atoms with Crippen LogP contribution in [0.5, 0.6) is 0 Å². The second-order valence-electron chi connectivity index (χ2n) is 4.57. The Kier molecular flexibility index (Phi) is 6.38. The molecule has 0 aromatic heterocycles. The summed E-state index contributed by atoms with van der Waals surface area (Å²) in [6.45, 7) is 3.94. The molecule has 6 heteroatoms. The number of hydrogen-bond acceptors (Lipinski definition) is 3. The molecule has 0 radical (unpaired) electrons. The van der Waals surface area contributed by atoms with Gasteiger partial charge in [-0.1, -0.05) is 6.07 Å². The Bertz CT molecular complexity index is 491. The molecule has 1 aromatic carbocycles. The van der Waals surface area contributed by atoms with Crippen molar-refractivity contribution in [3.05, 3.63) is 29.3 Å². The van der Waals surface area contributed by atoms with Crippen molar-refractivity contribution < 1.29 is 14.7 Å². The SMILES string of the molecule is CSCCC(NC(=O)Nc1ccc(C)c(C)c1)C(=O)O. The summed E-state index contributed by atoms with van der Waals surface area (Å²) in [6, 6.07) is 4.19. The van der Waals surface area contributed by atoms with Crippen LogP contribution in [0.1, 0.15) is 17.5 Å². The number of benzene rings is 1. The van der Waals surface area contributed by atoms with Crippen molar-refractivity contribution >= 4 is 29.4 Å². The summed E-state index contributed by atoms with van der Waals surface area (Å²) in [5.41, 5.74) is 2.86. The van der Waals surface area contributed by atoms with Crippen LogP contribution < -0.4 is 10.6 Å². The van der Waals surface area contributed by atoms with Gasteiger partial charge in [0.05, 0.1) is 0 Å². The lowest BCUT2D eigenvalue weighted by atomic mass is 10.1. The Balaban J connectivity index is 2.60. The van der Waals surface area contributed by atoms with Gasteiger partial charge in [-0.05, 0) is 55.5 Å². The number of thioether (sulfide) groups is 1. The van der Waals surface area contributed by atoms with E-state index >= 15 is 0 Å². The van der Waals surface area contributed by atoms with Gasteiger partial charge in [0.1, 0.15) is 6.04 Å². The van der Waals surface area contributed by atoms with Crippen molar-refractivity contribution in [2.45, 2.75) is 26.3 Å². The van der Waals surface area contributed by atoms with E-state index in [1.165, 1.54) is 0 Å². The minimum absolute atomic E-state index is 0.400. The van der Waals surface area contributed by atoms with Crippen LogP contribution in [0.25, 0.3) is 0 Å². The normalized spacial score (nSPS) is 11.8. The van der Waals surface area contributed by atoms with Crippen molar-refractivity contribution in [2.24, 2.45) is 0 Å². The molecule has 0 aliphatic carbocycles. The van der Waals surface area contributed by atoms with Crippen molar-refractivity contribution in [1.29, 1.82) is 0 Å². The molecule has 0 aliphatic rings. The highest BCUT2D eigenvalue weighted by molar-refractivity contribution is 7.98. The number of aliphatic carboxylic acids is 1. The van der Waals surface area contributed by atoms with Gasteiger partial charge in [0.25, 0.3) is 0 Å². The van der Waals surface area contributed by atoms with Crippen LogP contribution in [0.15, 0.2) is 18.2 Å². The number of urea groups is 1. The third kappa shape index (κ3) is 5.13. The Morgan fingerprint density at radius 1 is 1.30 bits per heavy atom. The number of amides is 2. The minimum atomic E-state index is -1.02. The summed E-state index contributed by atoms with van der Waals surface area (Å²) in [6.07, 6.45) is 2.30. The topological polar surface area (TPSA) is 78.4 Å². The number of nitrogens with one attached hydrogen (secondary N) is 2. The first-order chi connectivity index (χ1) is 9.43. The Labute approximate surface area is 123 Å². The van der Waals surface area contributed by atoms with E-state index in [-0.39, 0.29) is 0 Å². The molecule has 0 bridgehead atoms. The number of aryl methyl sites for hydroxylation is 2. The second kappa shape index (κ2) is 7.79. The number of hydrogen-bond donors (Lipinski definition) is 3. The lowest BCUT2D eigenvalue weighted by Gasteiger charge is -2.15. The molecule has 0 fully saturated rings. The van der Waals surface area contributed by atoms with Gasteiger partial charge in [-0.3, -0.25) is 0 Å². The number of carbonyl (C=O) groups is 2. The van der Waals surface area contributed by atoms with E-state index in [1.807, 2.05) is 32.2 Å². The molecule has 0 saturated carbocycles. The molecule has 0 saturated heterocycles. The number of anilines is 1. The Morgan fingerprint density at radius 2 is 2.00 bits per heavy atom. The van der Waals surface area contributed by atoms with Crippen molar-refractivity contribution in [3.63, 3.8) is 0 Å². The summed E-state index contributed by atoms with van der Waals surface area (Å²) < 4.78 is 0. The zero-order valence-electron chi connectivity index (χ0n) is 11.9.